The number of rotatable bonds is 7. The Morgan fingerprint density at radius 1 is 1.12 bits per heavy atom. The molecule has 1 amide bonds. The number of anilines is 1. The average Bonchev–Trinajstić information content (AvgIpc) is 2.91. The van der Waals surface area contributed by atoms with Gasteiger partial charge in [-0.3, -0.25) is 4.79 Å². The molecule has 136 valence electrons. The van der Waals surface area contributed by atoms with Gasteiger partial charge in [-0.2, -0.15) is 0 Å². The molecule has 1 aromatic carbocycles. The molecule has 1 unspecified atom stereocenters. The van der Waals surface area contributed by atoms with Gasteiger partial charge in [0.15, 0.2) is 6.54 Å². The van der Waals surface area contributed by atoms with E-state index in [1.165, 1.54) is 16.0 Å². The molecule has 0 aliphatic rings. The molecule has 25 heavy (non-hydrogen) atoms. The zero-order valence-electron chi connectivity index (χ0n) is 15.7. The Labute approximate surface area is 160 Å². The van der Waals surface area contributed by atoms with Gasteiger partial charge in [-0.05, 0) is 35.1 Å². The van der Waals surface area contributed by atoms with E-state index < -0.39 is 0 Å². The molecule has 0 spiro atoms. The number of hydrogen-bond acceptors (Lipinski definition) is 2. The molecular weight excluding hydrogens is 352 g/mol. The molecule has 2 aromatic rings. The lowest BCUT2D eigenvalue weighted by Gasteiger charge is -2.21. The Hall–Kier alpha value is -1.36. The first-order chi connectivity index (χ1) is 11.8. The number of carbonyl (C=O) groups excluding carboxylic acids is 1. The van der Waals surface area contributed by atoms with Crippen molar-refractivity contribution in [3.8, 4) is 0 Å². The van der Waals surface area contributed by atoms with Crippen LogP contribution in [0.1, 0.15) is 55.5 Å². The Morgan fingerprint density at radius 3 is 2.20 bits per heavy atom. The van der Waals surface area contributed by atoms with Crippen molar-refractivity contribution in [1.29, 1.82) is 0 Å². The van der Waals surface area contributed by atoms with Crippen LogP contribution in [0.25, 0.3) is 0 Å². The first kappa shape index (κ1) is 20.0. The fourth-order valence-corrected chi connectivity index (χ4v) is 4.16. The van der Waals surface area contributed by atoms with Crippen LogP contribution in [0.4, 0.5) is 5.69 Å². The number of benzene rings is 1. The van der Waals surface area contributed by atoms with Crippen LogP contribution in [0.5, 0.6) is 0 Å². The minimum atomic E-state index is 0.0511. The molecule has 3 nitrogen and oxygen atoms in total. The smallest absolute Gasteiger partial charge is 0.279 e. The predicted octanol–water partition coefficient (Wildman–Crippen LogP) is 4.30. The van der Waals surface area contributed by atoms with Crippen molar-refractivity contribution in [3.05, 3.63) is 50.7 Å². The Bertz CT molecular complexity index is 698. The summed E-state index contributed by atoms with van der Waals surface area (Å²) in [5.74, 6) is 0.787. The van der Waals surface area contributed by atoms with Crippen molar-refractivity contribution < 1.29 is 9.69 Å². The number of hydrogen-bond donors (Lipinski definition) is 2. The predicted molar refractivity (Wildman–Crippen MR) is 108 cm³/mol. The number of thiophene rings is 1. The van der Waals surface area contributed by atoms with Crippen LogP contribution >= 0.6 is 22.9 Å². The number of likely N-dealkylation sites (N-methyl/N-ethyl adjacent to an activating group) is 1. The van der Waals surface area contributed by atoms with Gasteiger partial charge < -0.3 is 10.2 Å². The minimum Gasteiger partial charge on any atom is -0.325 e. The van der Waals surface area contributed by atoms with E-state index in [-0.39, 0.29) is 5.91 Å². The van der Waals surface area contributed by atoms with Crippen molar-refractivity contribution in [2.75, 3.05) is 18.9 Å². The first-order valence-corrected chi connectivity index (χ1v) is 9.95. The van der Waals surface area contributed by atoms with Gasteiger partial charge in [0.1, 0.15) is 6.54 Å². The number of carbonyl (C=O) groups is 1. The van der Waals surface area contributed by atoms with E-state index >= 15 is 0 Å². The third-order valence-electron chi connectivity index (χ3n) is 4.20. The number of amides is 1. The monoisotopic (exact) mass is 379 g/mol. The normalized spacial score (nSPS) is 12.6. The van der Waals surface area contributed by atoms with Crippen molar-refractivity contribution in [3.63, 3.8) is 0 Å². The van der Waals surface area contributed by atoms with Crippen molar-refractivity contribution in [2.24, 2.45) is 0 Å². The number of nitrogens with one attached hydrogen (secondary N) is 2. The summed E-state index contributed by atoms with van der Waals surface area (Å²) in [6.45, 7) is 9.87. The first-order valence-electron chi connectivity index (χ1n) is 8.76. The van der Waals surface area contributed by atoms with Crippen LogP contribution in [-0.2, 0) is 11.3 Å². The van der Waals surface area contributed by atoms with Gasteiger partial charge in [0, 0.05) is 5.69 Å². The van der Waals surface area contributed by atoms with Crippen molar-refractivity contribution >= 4 is 34.5 Å². The maximum atomic E-state index is 12.6. The maximum absolute atomic E-state index is 12.6. The lowest BCUT2D eigenvalue weighted by molar-refractivity contribution is -0.884. The summed E-state index contributed by atoms with van der Waals surface area (Å²) in [6.07, 6.45) is 0. The largest absolute Gasteiger partial charge is 0.325 e. The minimum absolute atomic E-state index is 0.0511. The second kappa shape index (κ2) is 8.84. The van der Waals surface area contributed by atoms with E-state index in [1.54, 1.807) is 11.3 Å². The SMILES string of the molecule is CC(C)c1cccc(C(C)C)c1NC(=O)C[NH+](C)Cc1ccc(Cl)s1. The highest BCUT2D eigenvalue weighted by molar-refractivity contribution is 7.16. The van der Waals surface area contributed by atoms with Gasteiger partial charge in [-0.15, -0.1) is 11.3 Å². The second-order valence-electron chi connectivity index (χ2n) is 7.19. The maximum Gasteiger partial charge on any atom is 0.279 e. The molecule has 0 saturated heterocycles. The second-order valence-corrected chi connectivity index (χ2v) is 8.99. The van der Waals surface area contributed by atoms with Crippen LogP contribution < -0.4 is 10.2 Å². The third-order valence-corrected chi connectivity index (χ3v) is 5.44. The Balaban J connectivity index is 2.09. The summed E-state index contributed by atoms with van der Waals surface area (Å²) in [7, 11) is 2.03. The van der Waals surface area contributed by atoms with Gasteiger partial charge in [0.25, 0.3) is 5.91 Å². The van der Waals surface area contributed by atoms with Crippen LogP contribution in [0.15, 0.2) is 30.3 Å². The molecule has 2 N–H and O–H groups in total. The average molecular weight is 380 g/mol. The topological polar surface area (TPSA) is 33.5 Å². The summed E-state index contributed by atoms with van der Waals surface area (Å²) < 4.78 is 0.791. The Morgan fingerprint density at radius 2 is 1.72 bits per heavy atom. The number of quaternary nitrogens is 1. The van der Waals surface area contributed by atoms with E-state index in [0.717, 1.165) is 21.5 Å². The van der Waals surface area contributed by atoms with Gasteiger partial charge in [0.05, 0.1) is 16.3 Å². The van der Waals surface area contributed by atoms with E-state index in [0.29, 0.717) is 18.4 Å². The van der Waals surface area contributed by atoms with Gasteiger partial charge in [0.2, 0.25) is 0 Å². The number of para-hydroxylation sites is 1. The van der Waals surface area contributed by atoms with Gasteiger partial charge >= 0.3 is 0 Å². The molecule has 2 rings (SSSR count). The van der Waals surface area contributed by atoms with E-state index in [1.807, 2.05) is 19.2 Å². The molecule has 0 fully saturated rings. The quantitative estimate of drug-likeness (QED) is 0.738. The summed E-state index contributed by atoms with van der Waals surface area (Å²) in [6, 6.07) is 10.2. The molecule has 0 radical (unpaired) electrons. The van der Waals surface area contributed by atoms with Gasteiger partial charge in [-0.25, -0.2) is 0 Å². The van der Waals surface area contributed by atoms with Crippen LogP contribution in [0.3, 0.4) is 0 Å². The molecule has 1 atom stereocenters. The molecule has 1 heterocycles. The lowest BCUT2D eigenvalue weighted by atomic mass is 9.92. The highest BCUT2D eigenvalue weighted by Crippen LogP contribution is 2.32. The highest BCUT2D eigenvalue weighted by atomic mass is 35.5. The number of halogens is 1. The lowest BCUT2D eigenvalue weighted by Crippen LogP contribution is -3.08. The van der Waals surface area contributed by atoms with E-state index in [4.69, 9.17) is 11.6 Å². The summed E-state index contributed by atoms with van der Waals surface area (Å²) >= 11 is 7.55. The molecule has 0 bridgehead atoms. The van der Waals surface area contributed by atoms with Crippen LogP contribution in [0, 0.1) is 0 Å². The van der Waals surface area contributed by atoms with Crippen LogP contribution in [0.2, 0.25) is 4.34 Å². The van der Waals surface area contributed by atoms with Crippen LogP contribution in [-0.4, -0.2) is 19.5 Å². The van der Waals surface area contributed by atoms with Crippen molar-refractivity contribution in [1.82, 2.24) is 0 Å². The molecule has 0 aliphatic heterocycles. The highest BCUT2D eigenvalue weighted by Gasteiger charge is 2.18. The molecule has 0 saturated carbocycles. The molecule has 1 aromatic heterocycles. The fourth-order valence-electron chi connectivity index (χ4n) is 2.96. The summed E-state index contributed by atoms with van der Waals surface area (Å²) in [4.78, 5) is 15.0. The summed E-state index contributed by atoms with van der Waals surface area (Å²) in [5.41, 5.74) is 3.38. The zero-order valence-corrected chi connectivity index (χ0v) is 17.2. The fraction of sp³-hybridized carbons (Fsp3) is 0.450. The molecule has 0 aliphatic carbocycles. The van der Waals surface area contributed by atoms with E-state index in [2.05, 4.69) is 51.2 Å². The Kier molecular flexibility index (Phi) is 7.05. The van der Waals surface area contributed by atoms with E-state index in [9.17, 15) is 4.79 Å². The third kappa shape index (κ3) is 5.56. The zero-order chi connectivity index (χ0) is 18.6. The molecule has 5 heteroatoms. The standard InChI is InChI=1S/C20H27ClN2OS/c1-13(2)16-7-6-8-17(14(3)4)20(16)22-19(24)12-23(5)11-15-9-10-18(21)25-15/h6-10,13-14H,11-12H2,1-5H3,(H,22,24)/p+1. The van der Waals surface area contributed by atoms with Gasteiger partial charge in [-0.1, -0.05) is 57.5 Å². The summed E-state index contributed by atoms with van der Waals surface area (Å²) in [5, 5.41) is 3.18. The van der Waals surface area contributed by atoms with Crippen molar-refractivity contribution in [2.45, 2.75) is 46.1 Å². The molecular formula is C20H28ClN2OS+.